The minimum absolute atomic E-state index is 0.0924. The lowest BCUT2D eigenvalue weighted by Crippen LogP contribution is -2.49. The summed E-state index contributed by atoms with van der Waals surface area (Å²) in [6.45, 7) is 2.49. The third-order valence-electron chi connectivity index (χ3n) is 4.68. The Morgan fingerprint density at radius 2 is 1.79 bits per heavy atom. The maximum absolute atomic E-state index is 14.4. The molecule has 0 aliphatic carbocycles. The first-order valence-electron chi connectivity index (χ1n) is 8.63. The van der Waals surface area contributed by atoms with Gasteiger partial charge in [-0.2, -0.15) is 4.31 Å². The second-order valence-corrected chi connectivity index (χ2v) is 9.23. The predicted octanol–water partition coefficient (Wildman–Crippen LogP) is 3.31. The third kappa shape index (κ3) is 4.06. The molecule has 1 aliphatic heterocycles. The van der Waals surface area contributed by atoms with Crippen molar-refractivity contribution in [3.63, 3.8) is 0 Å². The highest BCUT2D eigenvalue weighted by Crippen LogP contribution is 2.31. The van der Waals surface area contributed by atoms with Crippen LogP contribution < -0.4 is 9.64 Å². The van der Waals surface area contributed by atoms with E-state index >= 15 is 0 Å². The normalized spacial score (nSPS) is 15.5. The lowest BCUT2D eigenvalue weighted by molar-refractivity contribution is 0.101. The summed E-state index contributed by atoms with van der Waals surface area (Å²) in [4.78, 5) is 13.3. The molecule has 1 heterocycles. The average Bonchev–Trinajstić information content (AvgIpc) is 2.68. The number of methoxy groups -OCH3 is 1. The molecule has 3 rings (SSSR count). The number of hydrogen-bond acceptors (Lipinski definition) is 5. The van der Waals surface area contributed by atoms with Crippen LogP contribution in [-0.4, -0.2) is 51.8 Å². The molecular weight excluding hydrogens is 451 g/mol. The number of ketones is 1. The van der Waals surface area contributed by atoms with Crippen molar-refractivity contribution < 1.29 is 22.3 Å². The predicted molar refractivity (Wildman–Crippen MR) is 108 cm³/mol. The number of Topliss-reactive ketones (excluding diaryl/α,β-unsaturated/α-hetero) is 1. The van der Waals surface area contributed by atoms with Crippen molar-refractivity contribution in [2.45, 2.75) is 11.8 Å². The summed E-state index contributed by atoms with van der Waals surface area (Å²) < 4.78 is 47.7. The maximum atomic E-state index is 14.4. The molecule has 0 N–H and O–H groups in total. The van der Waals surface area contributed by atoms with Crippen molar-refractivity contribution in [2.24, 2.45) is 0 Å². The number of anilines is 1. The molecule has 28 heavy (non-hydrogen) atoms. The van der Waals surface area contributed by atoms with E-state index < -0.39 is 15.8 Å². The quantitative estimate of drug-likeness (QED) is 0.627. The molecule has 0 atom stereocenters. The van der Waals surface area contributed by atoms with E-state index in [4.69, 9.17) is 4.74 Å². The molecule has 1 saturated heterocycles. The summed E-state index contributed by atoms with van der Waals surface area (Å²) in [5, 5.41) is 0. The van der Waals surface area contributed by atoms with Crippen molar-refractivity contribution in [3.8, 4) is 5.75 Å². The van der Waals surface area contributed by atoms with Crippen LogP contribution in [-0.2, 0) is 10.0 Å². The van der Waals surface area contributed by atoms with Crippen LogP contribution in [0.25, 0.3) is 0 Å². The Bertz CT molecular complexity index is 1000. The molecule has 1 aliphatic rings. The Morgan fingerprint density at radius 1 is 1.11 bits per heavy atom. The number of ether oxygens (including phenoxy) is 1. The van der Waals surface area contributed by atoms with Crippen molar-refractivity contribution in [1.82, 2.24) is 4.31 Å². The van der Waals surface area contributed by atoms with Gasteiger partial charge in [-0.1, -0.05) is 15.9 Å². The largest absolute Gasteiger partial charge is 0.495 e. The van der Waals surface area contributed by atoms with Gasteiger partial charge in [-0.25, -0.2) is 12.8 Å². The lowest BCUT2D eigenvalue weighted by Gasteiger charge is -2.35. The van der Waals surface area contributed by atoms with E-state index in [9.17, 15) is 17.6 Å². The fourth-order valence-electron chi connectivity index (χ4n) is 3.14. The molecule has 0 saturated carbocycles. The monoisotopic (exact) mass is 470 g/mol. The highest BCUT2D eigenvalue weighted by Gasteiger charge is 2.31. The van der Waals surface area contributed by atoms with Crippen LogP contribution >= 0.6 is 15.9 Å². The van der Waals surface area contributed by atoms with E-state index in [0.717, 1.165) is 0 Å². The lowest BCUT2D eigenvalue weighted by atomic mass is 10.1. The summed E-state index contributed by atoms with van der Waals surface area (Å²) in [7, 11) is -2.32. The fraction of sp³-hybridized carbons (Fsp3) is 0.316. The third-order valence-corrected chi connectivity index (χ3v) is 7.09. The number of rotatable bonds is 5. The van der Waals surface area contributed by atoms with Gasteiger partial charge < -0.3 is 9.64 Å². The standard InChI is InChI=1S/C19H20BrFN2O4S/c1-13(24)14-3-5-17(16(21)11-14)22-7-9-23(10-8-22)28(25,26)19-12-15(20)4-6-18(19)27-2/h3-6,11-12H,7-10H2,1-2H3. The summed E-state index contributed by atoms with van der Waals surface area (Å²) in [6.07, 6.45) is 0. The van der Waals surface area contributed by atoms with Crippen molar-refractivity contribution in [1.29, 1.82) is 0 Å². The van der Waals surface area contributed by atoms with Gasteiger partial charge in [0.05, 0.1) is 12.8 Å². The van der Waals surface area contributed by atoms with E-state index in [1.807, 2.05) is 0 Å². The minimum Gasteiger partial charge on any atom is -0.495 e. The summed E-state index contributed by atoms with van der Waals surface area (Å²) in [5.74, 6) is -0.418. The summed E-state index contributed by atoms with van der Waals surface area (Å²) in [5.41, 5.74) is 0.672. The molecule has 1 fully saturated rings. The molecule has 6 nitrogen and oxygen atoms in total. The number of nitrogens with zero attached hydrogens (tertiary/aromatic N) is 2. The SMILES string of the molecule is COc1ccc(Br)cc1S(=O)(=O)N1CCN(c2ccc(C(C)=O)cc2F)CC1. The number of hydrogen-bond donors (Lipinski definition) is 0. The smallest absolute Gasteiger partial charge is 0.246 e. The highest BCUT2D eigenvalue weighted by atomic mass is 79.9. The molecule has 9 heteroatoms. The minimum atomic E-state index is -3.75. The zero-order valence-corrected chi connectivity index (χ0v) is 17.9. The van der Waals surface area contributed by atoms with E-state index in [1.165, 1.54) is 30.5 Å². The Balaban J connectivity index is 1.78. The van der Waals surface area contributed by atoms with E-state index in [2.05, 4.69) is 15.9 Å². The molecule has 0 amide bonds. The van der Waals surface area contributed by atoms with Crippen LogP contribution in [0.15, 0.2) is 45.8 Å². The summed E-state index contributed by atoms with van der Waals surface area (Å²) in [6, 6.07) is 9.18. The van der Waals surface area contributed by atoms with Gasteiger partial charge in [-0.05, 0) is 43.3 Å². The summed E-state index contributed by atoms with van der Waals surface area (Å²) >= 11 is 3.29. The number of carbonyl (C=O) groups is 1. The van der Waals surface area contributed by atoms with Crippen molar-refractivity contribution in [2.75, 3.05) is 38.2 Å². The number of carbonyl (C=O) groups excluding carboxylic acids is 1. The Labute approximate surface area is 172 Å². The fourth-order valence-corrected chi connectivity index (χ4v) is 5.26. The van der Waals surface area contributed by atoms with Gasteiger partial charge in [-0.3, -0.25) is 4.79 Å². The van der Waals surface area contributed by atoms with Gasteiger partial charge in [0.2, 0.25) is 10.0 Å². The first-order valence-corrected chi connectivity index (χ1v) is 10.9. The van der Waals surface area contributed by atoms with Crippen molar-refractivity contribution >= 4 is 37.4 Å². The van der Waals surface area contributed by atoms with Crippen LogP contribution in [0.1, 0.15) is 17.3 Å². The molecule has 0 bridgehead atoms. The maximum Gasteiger partial charge on any atom is 0.246 e. The van der Waals surface area contributed by atoms with Crippen LogP contribution in [0.4, 0.5) is 10.1 Å². The van der Waals surface area contributed by atoms with Crippen LogP contribution in [0, 0.1) is 5.82 Å². The van der Waals surface area contributed by atoms with Crippen LogP contribution in [0.2, 0.25) is 0 Å². The zero-order valence-electron chi connectivity index (χ0n) is 15.5. The second-order valence-electron chi connectivity index (χ2n) is 6.41. The van der Waals surface area contributed by atoms with Crippen LogP contribution in [0.5, 0.6) is 5.75 Å². The van der Waals surface area contributed by atoms with Gasteiger partial charge >= 0.3 is 0 Å². The molecule has 2 aromatic rings. The van der Waals surface area contributed by atoms with E-state index in [0.29, 0.717) is 28.8 Å². The highest BCUT2D eigenvalue weighted by molar-refractivity contribution is 9.10. The first-order chi connectivity index (χ1) is 13.2. The van der Waals surface area contributed by atoms with E-state index in [-0.39, 0.29) is 29.5 Å². The van der Waals surface area contributed by atoms with Gasteiger partial charge in [0.25, 0.3) is 0 Å². The van der Waals surface area contributed by atoms with Gasteiger partial charge in [0.15, 0.2) is 5.78 Å². The van der Waals surface area contributed by atoms with Gasteiger partial charge in [-0.15, -0.1) is 0 Å². The number of halogens is 2. The van der Waals surface area contributed by atoms with Crippen molar-refractivity contribution in [3.05, 3.63) is 52.3 Å². The Kier molecular flexibility index (Phi) is 6.07. The van der Waals surface area contributed by atoms with Crippen LogP contribution in [0.3, 0.4) is 0 Å². The molecule has 0 radical (unpaired) electrons. The molecule has 0 unspecified atom stereocenters. The van der Waals surface area contributed by atoms with Gasteiger partial charge in [0.1, 0.15) is 16.5 Å². The molecule has 0 spiro atoms. The zero-order chi connectivity index (χ0) is 20.5. The Morgan fingerprint density at radius 3 is 2.36 bits per heavy atom. The first kappa shape index (κ1) is 20.8. The van der Waals surface area contributed by atoms with Gasteiger partial charge in [0, 0.05) is 36.2 Å². The number of sulfonamides is 1. The number of benzene rings is 2. The molecule has 2 aromatic carbocycles. The topological polar surface area (TPSA) is 66.9 Å². The van der Waals surface area contributed by atoms with E-state index in [1.54, 1.807) is 29.2 Å². The molecular formula is C19H20BrFN2O4S. The average molecular weight is 471 g/mol. The molecule has 150 valence electrons. The second kappa shape index (κ2) is 8.18. The number of piperazine rings is 1. The molecule has 0 aromatic heterocycles. The Hall–Kier alpha value is -1.97.